The van der Waals surface area contributed by atoms with Gasteiger partial charge in [-0.3, -0.25) is 19.4 Å². The summed E-state index contributed by atoms with van der Waals surface area (Å²) in [4.78, 5) is 58.1. The number of esters is 1. The summed E-state index contributed by atoms with van der Waals surface area (Å²) in [5, 5.41) is 11.2. The van der Waals surface area contributed by atoms with Crippen molar-refractivity contribution in [1.29, 1.82) is 0 Å². The minimum Gasteiger partial charge on any atom is -0.506 e. The van der Waals surface area contributed by atoms with Crippen molar-refractivity contribution in [2.75, 3.05) is 11.5 Å². The van der Waals surface area contributed by atoms with Gasteiger partial charge in [-0.05, 0) is 25.1 Å². The van der Waals surface area contributed by atoms with Crippen molar-refractivity contribution in [3.05, 3.63) is 69.2 Å². The van der Waals surface area contributed by atoms with Gasteiger partial charge in [0, 0.05) is 16.1 Å². The number of aliphatic imine (C=N–C) groups is 1. The number of carbonyl (C=O) groups is 4. The van der Waals surface area contributed by atoms with Crippen molar-refractivity contribution in [3.63, 3.8) is 0 Å². The van der Waals surface area contributed by atoms with Gasteiger partial charge in [0.2, 0.25) is 11.8 Å². The molecule has 8 nitrogen and oxygen atoms in total. The first kappa shape index (κ1) is 22.3. The van der Waals surface area contributed by atoms with Crippen LogP contribution in [0.5, 0.6) is 0 Å². The number of aliphatic hydroxyl groups excluding tert-OH is 1. The van der Waals surface area contributed by atoms with Gasteiger partial charge < -0.3 is 9.84 Å². The smallest absolute Gasteiger partial charge is 0.331 e. The fourth-order valence-electron chi connectivity index (χ4n) is 4.66. The Morgan fingerprint density at radius 3 is 2.44 bits per heavy atom. The highest BCUT2D eigenvalue weighted by Gasteiger charge is 2.61. The Hall–Kier alpha value is -3.49. The van der Waals surface area contributed by atoms with Crippen molar-refractivity contribution in [3.8, 4) is 0 Å². The average molecular weight is 499 g/mol. The molecular formula is C24H16Cl2N2O6. The van der Waals surface area contributed by atoms with E-state index in [0.717, 1.165) is 4.90 Å². The van der Waals surface area contributed by atoms with Gasteiger partial charge in [-0.1, -0.05) is 47.5 Å². The minimum atomic E-state index is -1.36. The molecule has 2 amide bonds. The largest absolute Gasteiger partial charge is 0.506 e. The lowest BCUT2D eigenvalue weighted by Gasteiger charge is -2.19. The zero-order valence-electron chi connectivity index (χ0n) is 17.6. The number of nitrogens with zero attached hydrogens (tertiary/aromatic N) is 2. The van der Waals surface area contributed by atoms with Gasteiger partial charge in [-0.2, -0.15) is 0 Å². The van der Waals surface area contributed by atoms with Gasteiger partial charge in [0.25, 0.3) is 0 Å². The molecular weight excluding hydrogens is 483 g/mol. The summed E-state index contributed by atoms with van der Waals surface area (Å²) in [6.45, 7) is 1.63. The number of amides is 2. The Morgan fingerprint density at radius 1 is 1.09 bits per heavy atom. The number of anilines is 1. The number of Topliss-reactive ketones (excluding diaryl/α,β-unsaturated/α-hetero) is 1. The number of imide groups is 1. The van der Waals surface area contributed by atoms with Crippen molar-refractivity contribution >= 4 is 63.9 Å². The Bertz CT molecular complexity index is 1360. The standard InChI is InChI=1S/C24H16Cl2N2O6/c1-2-34-24(33)19-16-15(22(31)28(23(16)32)14-8-7-10(25)9-13(14)26)18(27-19)17-20(29)11-5-3-4-6-12(11)21(17)30/h3-9,15-16,19,29H,2H2,1H3/t15-,16-,19-/m1/s1. The number of halogens is 2. The van der Waals surface area contributed by atoms with E-state index in [0.29, 0.717) is 5.02 Å². The van der Waals surface area contributed by atoms with E-state index in [2.05, 4.69) is 4.99 Å². The Kier molecular flexibility index (Phi) is 5.30. The molecule has 0 aromatic heterocycles. The van der Waals surface area contributed by atoms with Crippen molar-refractivity contribution in [2.45, 2.75) is 13.0 Å². The van der Waals surface area contributed by atoms with Crippen LogP contribution in [-0.2, 0) is 19.1 Å². The molecule has 34 heavy (non-hydrogen) atoms. The van der Waals surface area contributed by atoms with E-state index >= 15 is 0 Å². The number of rotatable bonds is 4. The molecule has 3 aliphatic rings. The molecule has 1 fully saturated rings. The van der Waals surface area contributed by atoms with E-state index < -0.39 is 41.4 Å². The lowest BCUT2D eigenvalue weighted by atomic mass is 9.85. The van der Waals surface area contributed by atoms with E-state index in [1.807, 2.05) is 0 Å². The number of benzene rings is 2. The molecule has 0 radical (unpaired) electrons. The third-order valence-corrected chi connectivity index (χ3v) is 6.63. The molecule has 5 rings (SSSR count). The minimum absolute atomic E-state index is 0.0325. The maximum Gasteiger partial charge on any atom is 0.331 e. The van der Waals surface area contributed by atoms with E-state index in [-0.39, 0.29) is 45.5 Å². The van der Waals surface area contributed by atoms with Crippen LogP contribution < -0.4 is 4.90 Å². The van der Waals surface area contributed by atoms with Crippen LogP contribution in [0.3, 0.4) is 0 Å². The number of hydrogen-bond donors (Lipinski definition) is 1. The third kappa shape index (κ3) is 3.09. The van der Waals surface area contributed by atoms with Crippen LogP contribution in [0.4, 0.5) is 5.69 Å². The van der Waals surface area contributed by atoms with E-state index in [1.54, 1.807) is 25.1 Å². The summed E-state index contributed by atoms with van der Waals surface area (Å²) in [5.41, 5.74) is 0.302. The van der Waals surface area contributed by atoms with Crippen LogP contribution >= 0.6 is 23.2 Å². The maximum atomic E-state index is 13.6. The number of hydrogen-bond acceptors (Lipinski definition) is 7. The molecule has 1 N–H and O–H groups in total. The number of fused-ring (bicyclic) bond motifs is 2. The van der Waals surface area contributed by atoms with Crippen LogP contribution in [0.1, 0.15) is 22.8 Å². The second kappa shape index (κ2) is 8.07. The highest BCUT2D eigenvalue weighted by Crippen LogP contribution is 2.45. The molecule has 0 unspecified atom stereocenters. The number of ether oxygens (including phenoxy) is 1. The Labute approximate surface area is 203 Å². The van der Waals surface area contributed by atoms with Crippen LogP contribution in [0.15, 0.2) is 53.0 Å². The number of allylic oxidation sites excluding steroid dienone is 1. The summed E-state index contributed by atoms with van der Waals surface area (Å²) in [6, 6.07) is 9.32. The van der Waals surface area contributed by atoms with E-state index in [1.165, 1.54) is 24.3 Å². The molecule has 10 heteroatoms. The highest BCUT2D eigenvalue weighted by molar-refractivity contribution is 6.44. The lowest BCUT2D eigenvalue weighted by Crippen LogP contribution is -2.36. The van der Waals surface area contributed by atoms with E-state index in [9.17, 15) is 24.3 Å². The first-order chi connectivity index (χ1) is 16.3. The molecule has 2 heterocycles. The molecule has 1 saturated heterocycles. The van der Waals surface area contributed by atoms with Crippen LogP contribution in [-0.4, -0.2) is 47.0 Å². The first-order valence-electron chi connectivity index (χ1n) is 10.4. The van der Waals surface area contributed by atoms with Gasteiger partial charge in [-0.25, -0.2) is 9.69 Å². The van der Waals surface area contributed by atoms with Gasteiger partial charge in [-0.15, -0.1) is 0 Å². The fraction of sp³-hybridized carbons (Fsp3) is 0.208. The molecule has 2 aromatic carbocycles. The van der Waals surface area contributed by atoms with Gasteiger partial charge in [0.1, 0.15) is 5.76 Å². The molecule has 2 aliphatic heterocycles. The quantitative estimate of drug-likeness (QED) is 0.508. The molecule has 1 aliphatic carbocycles. The Morgan fingerprint density at radius 2 is 1.79 bits per heavy atom. The first-order valence-corrected chi connectivity index (χ1v) is 11.2. The second-order valence-electron chi connectivity index (χ2n) is 7.92. The second-order valence-corrected chi connectivity index (χ2v) is 8.76. The topological polar surface area (TPSA) is 113 Å². The average Bonchev–Trinajstić information content (AvgIpc) is 3.39. The molecule has 2 aromatic rings. The summed E-state index contributed by atoms with van der Waals surface area (Å²) < 4.78 is 5.09. The Balaban J connectivity index is 1.64. The summed E-state index contributed by atoms with van der Waals surface area (Å²) >= 11 is 12.2. The van der Waals surface area contributed by atoms with Gasteiger partial charge >= 0.3 is 5.97 Å². The normalized spacial score (nSPS) is 23.4. The third-order valence-electron chi connectivity index (χ3n) is 6.09. The number of ketones is 1. The van der Waals surface area contributed by atoms with Gasteiger partial charge in [0.15, 0.2) is 11.8 Å². The van der Waals surface area contributed by atoms with Crippen LogP contribution in [0.2, 0.25) is 10.0 Å². The maximum absolute atomic E-state index is 13.6. The number of carbonyl (C=O) groups excluding carboxylic acids is 4. The van der Waals surface area contributed by atoms with Crippen molar-refractivity contribution in [2.24, 2.45) is 16.8 Å². The predicted molar refractivity (Wildman–Crippen MR) is 124 cm³/mol. The zero-order valence-corrected chi connectivity index (χ0v) is 19.1. The van der Waals surface area contributed by atoms with Crippen molar-refractivity contribution < 1.29 is 29.0 Å². The SMILES string of the molecule is CCOC(=O)[C@@H]1N=C(C2=C(O)c3ccccc3C2=O)[C@@H]2C(=O)N(c3ccc(Cl)cc3Cl)C(=O)[C@H]21. The van der Waals surface area contributed by atoms with Crippen molar-refractivity contribution in [1.82, 2.24) is 0 Å². The molecule has 172 valence electrons. The number of aliphatic hydroxyl groups is 1. The molecule has 0 bridgehead atoms. The highest BCUT2D eigenvalue weighted by atomic mass is 35.5. The molecule has 0 spiro atoms. The van der Waals surface area contributed by atoms with Gasteiger partial charge in [0.05, 0.1) is 40.4 Å². The molecule has 0 saturated carbocycles. The van der Waals surface area contributed by atoms with Crippen LogP contribution in [0.25, 0.3) is 5.76 Å². The summed E-state index contributed by atoms with van der Waals surface area (Å²) in [5.74, 6) is -5.65. The predicted octanol–water partition coefficient (Wildman–Crippen LogP) is 3.65. The summed E-state index contributed by atoms with van der Waals surface area (Å²) in [7, 11) is 0. The fourth-order valence-corrected chi connectivity index (χ4v) is 5.15. The van der Waals surface area contributed by atoms with Crippen LogP contribution in [0, 0.1) is 11.8 Å². The summed E-state index contributed by atoms with van der Waals surface area (Å²) in [6.07, 6.45) is 0. The molecule has 3 atom stereocenters. The monoisotopic (exact) mass is 498 g/mol. The zero-order chi connectivity index (χ0) is 24.3. The lowest BCUT2D eigenvalue weighted by molar-refractivity contribution is -0.147. The van der Waals surface area contributed by atoms with E-state index in [4.69, 9.17) is 27.9 Å².